The van der Waals surface area contributed by atoms with Gasteiger partial charge in [0.05, 0.1) is 18.3 Å². The molecule has 0 radical (unpaired) electrons. The number of amides is 2. The molecule has 33 heavy (non-hydrogen) atoms. The maximum Gasteiger partial charge on any atom is 0.322 e. The number of halogens is 2. The minimum Gasteiger partial charge on any atom is -0.318 e. The number of benzene rings is 3. The van der Waals surface area contributed by atoms with E-state index in [9.17, 15) is 13.6 Å². The molecule has 1 aromatic heterocycles. The molecule has 5 rings (SSSR count). The van der Waals surface area contributed by atoms with Gasteiger partial charge in [0.25, 0.3) is 0 Å². The molecule has 0 bridgehead atoms. The van der Waals surface area contributed by atoms with Crippen molar-refractivity contribution in [1.29, 1.82) is 0 Å². The summed E-state index contributed by atoms with van der Waals surface area (Å²) in [6.45, 7) is 4.20. The van der Waals surface area contributed by atoms with Crippen molar-refractivity contribution in [3.05, 3.63) is 119 Å². The molecule has 2 amide bonds. The summed E-state index contributed by atoms with van der Waals surface area (Å²) < 4.78 is 30.5. The SMILES string of the molecule is Cc1ccc(NC(=O)N2Cc3ccccc3-n3cccc3[C@@H]2c2cc(F)cc(F)c2)c(C)c1. The van der Waals surface area contributed by atoms with Gasteiger partial charge in [-0.3, -0.25) is 0 Å². The fourth-order valence-corrected chi connectivity index (χ4v) is 4.56. The van der Waals surface area contributed by atoms with E-state index < -0.39 is 17.7 Å². The molecule has 0 spiro atoms. The number of anilines is 1. The molecule has 0 saturated carbocycles. The Kier molecular flexibility index (Phi) is 5.21. The van der Waals surface area contributed by atoms with Crippen molar-refractivity contribution in [3.63, 3.8) is 0 Å². The Hall–Kier alpha value is -3.93. The average molecular weight is 443 g/mol. The maximum absolute atomic E-state index is 14.2. The standard InChI is InChI=1S/C27H23F2N3O/c1-17-9-10-23(18(2)12-17)30-27(33)32-16-19-6-3-4-7-24(19)31-11-5-8-25(31)26(32)20-13-21(28)15-22(29)14-20/h3-15,26H,16H2,1-2H3,(H,30,33)/t26-/m0/s1. The zero-order valence-electron chi connectivity index (χ0n) is 18.3. The molecule has 0 aliphatic carbocycles. The monoisotopic (exact) mass is 443 g/mol. The van der Waals surface area contributed by atoms with Crippen LogP contribution >= 0.6 is 0 Å². The topological polar surface area (TPSA) is 37.3 Å². The molecular weight excluding hydrogens is 420 g/mol. The minimum absolute atomic E-state index is 0.275. The Morgan fingerprint density at radius 3 is 2.45 bits per heavy atom. The summed E-state index contributed by atoms with van der Waals surface area (Å²) in [5, 5.41) is 3.01. The van der Waals surface area contributed by atoms with Crippen LogP contribution in [0.15, 0.2) is 79.0 Å². The molecule has 0 fully saturated rings. The number of aryl methyl sites for hydroxylation is 2. The van der Waals surface area contributed by atoms with Crippen LogP contribution < -0.4 is 5.32 Å². The Balaban J connectivity index is 1.65. The maximum atomic E-state index is 14.2. The van der Waals surface area contributed by atoms with E-state index in [1.54, 1.807) is 4.90 Å². The van der Waals surface area contributed by atoms with Gasteiger partial charge in [-0.05, 0) is 66.9 Å². The lowest BCUT2D eigenvalue weighted by Crippen LogP contribution is -2.38. The molecule has 1 aliphatic heterocycles. The number of carbonyl (C=O) groups is 1. The molecule has 1 N–H and O–H groups in total. The third kappa shape index (κ3) is 3.89. The van der Waals surface area contributed by atoms with Crippen LogP contribution in [-0.2, 0) is 6.54 Å². The Bertz CT molecular complexity index is 1340. The minimum atomic E-state index is -0.691. The first-order valence-corrected chi connectivity index (χ1v) is 10.8. The molecule has 1 atom stereocenters. The highest BCUT2D eigenvalue weighted by Gasteiger charge is 2.33. The number of fused-ring (bicyclic) bond motifs is 3. The van der Waals surface area contributed by atoms with Crippen molar-refractivity contribution < 1.29 is 13.6 Å². The smallest absolute Gasteiger partial charge is 0.318 e. The first-order chi connectivity index (χ1) is 15.9. The number of hydrogen-bond acceptors (Lipinski definition) is 1. The van der Waals surface area contributed by atoms with E-state index in [1.165, 1.54) is 12.1 Å². The van der Waals surface area contributed by atoms with Gasteiger partial charge in [-0.25, -0.2) is 13.6 Å². The lowest BCUT2D eigenvalue weighted by molar-refractivity contribution is 0.194. The quantitative estimate of drug-likeness (QED) is 0.377. The van der Waals surface area contributed by atoms with Gasteiger partial charge in [0.15, 0.2) is 0 Å². The summed E-state index contributed by atoms with van der Waals surface area (Å²) in [6, 6.07) is 19.7. The van der Waals surface area contributed by atoms with Gasteiger partial charge in [0.1, 0.15) is 11.6 Å². The number of nitrogens with zero attached hydrogens (tertiary/aromatic N) is 2. The molecule has 4 nitrogen and oxygen atoms in total. The van der Waals surface area contributed by atoms with Crippen LogP contribution in [0.1, 0.15) is 34.0 Å². The van der Waals surface area contributed by atoms with Crippen molar-refractivity contribution in [2.24, 2.45) is 0 Å². The summed E-state index contributed by atoms with van der Waals surface area (Å²) in [7, 11) is 0. The van der Waals surface area contributed by atoms with Gasteiger partial charge in [-0.1, -0.05) is 35.9 Å². The van der Waals surface area contributed by atoms with Crippen LogP contribution in [0.2, 0.25) is 0 Å². The van der Waals surface area contributed by atoms with Crippen LogP contribution in [0.3, 0.4) is 0 Å². The van der Waals surface area contributed by atoms with Crippen molar-refractivity contribution >= 4 is 11.7 Å². The second-order valence-corrected chi connectivity index (χ2v) is 8.41. The fraction of sp³-hybridized carbons (Fsp3) is 0.148. The summed E-state index contributed by atoms with van der Waals surface area (Å²) in [5.41, 5.74) is 5.72. The molecule has 0 unspecified atom stereocenters. The molecular formula is C27H23F2N3O. The van der Waals surface area contributed by atoms with Crippen LogP contribution in [0.4, 0.5) is 19.3 Å². The Morgan fingerprint density at radius 1 is 0.939 bits per heavy atom. The van der Waals surface area contributed by atoms with Gasteiger partial charge >= 0.3 is 6.03 Å². The van der Waals surface area contributed by atoms with Crippen molar-refractivity contribution in [1.82, 2.24) is 9.47 Å². The number of carbonyl (C=O) groups excluding carboxylic acids is 1. The molecule has 166 valence electrons. The van der Waals surface area contributed by atoms with Crippen LogP contribution in [0.25, 0.3) is 5.69 Å². The predicted octanol–water partition coefficient (Wildman–Crippen LogP) is 6.51. The summed E-state index contributed by atoms with van der Waals surface area (Å²) >= 11 is 0. The number of nitrogens with one attached hydrogen (secondary N) is 1. The van der Waals surface area contributed by atoms with E-state index in [2.05, 4.69) is 5.32 Å². The van der Waals surface area contributed by atoms with Crippen molar-refractivity contribution in [2.45, 2.75) is 26.4 Å². The first kappa shape index (κ1) is 20.9. The van der Waals surface area contributed by atoms with Crippen LogP contribution in [-0.4, -0.2) is 15.5 Å². The van der Waals surface area contributed by atoms with E-state index in [-0.39, 0.29) is 12.6 Å². The summed E-state index contributed by atoms with van der Waals surface area (Å²) in [4.78, 5) is 15.3. The highest BCUT2D eigenvalue weighted by atomic mass is 19.1. The molecule has 4 aromatic rings. The van der Waals surface area contributed by atoms with E-state index in [0.717, 1.165) is 34.1 Å². The average Bonchev–Trinajstić information content (AvgIpc) is 3.19. The van der Waals surface area contributed by atoms with E-state index in [1.807, 2.05) is 79.2 Å². The van der Waals surface area contributed by atoms with Gasteiger partial charge < -0.3 is 14.8 Å². The second kappa shape index (κ2) is 8.20. The lowest BCUT2D eigenvalue weighted by atomic mass is 10.0. The van der Waals surface area contributed by atoms with Crippen LogP contribution in [0.5, 0.6) is 0 Å². The molecule has 1 aliphatic rings. The molecule has 6 heteroatoms. The third-order valence-corrected chi connectivity index (χ3v) is 6.05. The number of rotatable bonds is 2. The van der Waals surface area contributed by atoms with E-state index in [4.69, 9.17) is 0 Å². The van der Waals surface area contributed by atoms with Gasteiger partial charge in [0.2, 0.25) is 0 Å². The highest BCUT2D eigenvalue weighted by Crippen LogP contribution is 2.37. The lowest BCUT2D eigenvalue weighted by Gasteiger charge is -2.31. The summed E-state index contributed by atoms with van der Waals surface area (Å²) in [5.74, 6) is -1.36. The zero-order chi connectivity index (χ0) is 23.1. The second-order valence-electron chi connectivity index (χ2n) is 8.41. The predicted molar refractivity (Wildman–Crippen MR) is 124 cm³/mol. The third-order valence-electron chi connectivity index (χ3n) is 6.05. The van der Waals surface area contributed by atoms with E-state index in [0.29, 0.717) is 11.3 Å². The Morgan fingerprint density at radius 2 is 1.70 bits per heavy atom. The highest BCUT2D eigenvalue weighted by molar-refractivity contribution is 5.91. The number of urea groups is 1. The van der Waals surface area contributed by atoms with E-state index >= 15 is 0 Å². The van der Waals surface area contributed by atoms with Crippen molar-refractivity contribution in [2.75, 3.05) is 5.32 Å². The fourth-order valence-electron chi connectivity index (χ4n) is 4.56. The van der Waals surface area contributed by atoms with Gasteiger partial charge in [-0.15, -0.1) is 0 Å². The van der Waals surface area contributed by atoms with Crippen LogP contribution in [0, 0.1) is 25.5 Å². The number of aromatic nitrogens is 1. The van der Waals surface area contributed by atoms with Gasteiger partial charge in [0, 0.05) is 23.6 Å². The molecule has 2 heterocycles. The zero-order valence-corrected chi connectivity index (χ0v) is 18.3. The first-order valence-electron chi connectivity index (χ1n) is 10.8. The number of hydrogen-bond donors (Lipinski definition) is 1. The number of para-hydroxylation sites is 1. The molecule has 0 saturated heterocycles. The molecule has 3 aromatic carbocycles. The Labute approximate surface area is 191 Å². The normalized spacial score (nSPS) is 14.9. The van der Waals surface area contributed by atoms with Gasteiger partial charge in [-0.2, -0.15) is 0 Å². The van der Waals surface area contributed by atoms with Crippen molar-refractivity contribution in [3.8, 4) is 5.69 Å². The largest absolute Gasteiger partial charge is 0.322 e. The summed E-state index contributed by atoms with van der Waals surface area (Å²) in [6.07, 6.45) is 1.91.